The maximum absolute atomic E-state index is 11.2. The summed E-state index contributed by atoms with van der Waals surface area (Å²) in [6, 6.07) is 4.56. The molecule has 0 aromatic heterocycles. The van der Waals surface area contributed by atoms with E-state index in [2.05, 4.69) is 4.90 Å². The van der Waals surface area contributed by atoms with Crippen LogP contribution in [0.2, 0.25) is 0 Å². The fourth-order valence-electron chi connectivity index (χ4n) is 2.60. The Balaban J connectivity index is 2.21. The summed E-state index contributed by atoms with van der Waals surface area (Å²) in [6.07, 6.45) is 1.49. The van der Waals surface area contributed by atoms with Crippen LogP contribution >= 0.6 is 0 Å². The van der Waals surface area contributed by atoms with E-state index in [1.165, 1.54) is 6.07 Å². The zero-order valence-corrected chi connectivity index (χ0v) is 11.8. The monoisotopic (exact) mass is 293 g/mol. The normalized spacial score (nSPS) is 16.5. The maximum Gasteiger partial charge on any atom is 0.293 e. The van der Waals surface area contributed by atoms with Crippen molar-refractivity contribution in [3.8, 4) is 0 Å². The van der Waals surface area contributed by atoms with Gasteiger partial charge in [-0.05, 0) is 25.1 Å². The fourth-order valence-corrected chi connectivity index (χ4v) is 2.60. The van der Waals surface area contributed by atoms with Gasteiger partial charge in [0.1, 0.15) is 12.0 Å². The molecule has 1 aromatic carbocycles. The SMILES string of the molecule is O=Cc1ccc(N2CCCN(CCO)CC2)c([N+](=O)[O-])c1. The van der Waals surface area contributed by atoms with Crippen LogP contribution in [0.3, 0.4) is 0 Å². The minimum Gasteiger partial charge on any atom is -0.395 e. The molecule has 1 saturated heterocycles. The summed E-state index contributed by atoms with van der Waals surface area (Å²) in [5.74, 6) is 0. The third-order valence-corrected chi connectivity index (χ3v) is 3.68. The molecule has 1 fully saturated rings. The maximum atomic E-state index is 11.2. The van der Waals surface area contributed by atoms with Gasteiger partial charge in [-0.15, -0.1) is 0 Å². The fraction of sp³-hybridized carbons (Fsp3) is 0.500. The molecule has 0 atom stereocenters. The average molecular weight is 293 g/mol. The van der Waals surface area contributed by atoms with E-state index in [-0.39, 0.29) is 12.3 Å². The van der Waals surface area contributed by atoms with Crippen LogP contribution in [-0.4, -0.2) is 60.5 Å². The van der Waals surface area contributed by atoms with Crippen LogP contribution in [0.1, 0.15) is 16.8 Å². The predicted molar refractivity (Wildman–Crippen MR) is 78.8 cm³/mol. The molecular weight excluding hydrogens is 274 g/mol. The highest BCUT2D eigenvalue weighted by Gasteiger charge is 2.22. The number of aldehydes is 1. The summed E-state index contributed by atoms with van der Waals surface area (Å²) in [5.41, 5.74) is 0.828. The van der Waals surface area contributed by atoms with Crippen molar-refractivity contribution in [1.29, 1.82) is 0 Å². The van der Waals surface area contributed by atoms with Gasteiger partial charge in [-0.25, -0.2) is 0 Å². The molecule has 1 aliphatic heterocycles. The molecule has 0 amide bonds. The van der Waals surface area contributed by atoms with Gasteiger partial charge in [0, 0.05) is 37.8 Å². The molecule has 114 valence electrons. The van der Waals surface area contributed by atoms with Crippen molar-refractivity contribution in [2.24, 2.45) is 0 Å². The number of carbonyl (C=O) groups is 1. The second-order valence-corrected chi connectivity index (χ2v) is 5.03. The van der Waals surface area contributed by atoms with Crippen LogP contribution in [0.15, 0.2) is 18.2 Å². The summed E-state index contributed by atoms with van der Waals surface area (Å²) in [7, 11) is 0. The Hall–Kier alpha value is -1.99. The summed E-state index contributed by atoms with van der Waals surface area (Å²) < 4.78 is 0. The molecule has 0 saturated carbocycles. The number of nitro groups is 1. The minimum absolute atomic E-state index is 0.0322. The Morgan fingerprint density at radius 2 is 2.10 bits per heavy atom. The van der Waals surface area contributed by atoms with Crippen molar-refractivity contribution in [2.45, 2.75) is 6.42 Å². The van der Waals surface area contributed by atoms with Gasteiger partial charge in [-0.3, -0.25) is 19.8 Å². The van der Waals surface area contributed by atoms with E-state index in [0.717, 1.165) is 26.1 Å². The van der Waals surface area contributed by atoms with E-state index in [1.54, 1.807) is 12.1 Å². The second kappa shape index (κ2) is 7.14. The van der Waals surface area contributed by atoms with Gasteiger partial charge in [0.15, 0.2) is 0 Å². The number of anilines is 1. The molecule has 21 heavy (non-hydrogen) atoms. The van der Waals surface area contributed by atoms with Crippen molar-refractivity contribution in [3.05, 3.63) is 33.9 Å². The van der Waals surface area contributed by atoms with Gasteiger partial charge >= 0.3 is 0 Å². The number of hydrogen-bond acceptors (Lipinski definition) is 6. The number of carbonyl (C=O) groups excluding carboxylic acids is 1. The third kappa shape index (κ3) is 3.77. The van der Waals surface area contributed by atoms with Crippen LogP contribution in [0.25, 0.3) is 0 Å². The lowest BCUT2D eigenvalue weighted by molar-refractivity contribution is -0.384. The molecule has 0 spiro atoms. The second-order valence-electron chi connectivity index (χ2n) is 5.03. The molecule has 1 N–H and O–H groups in total. The lowest BCUT2D eigenvalue weighted by Gasteiger charge is -2.23. The standard InChI is InChI=1S/C14H19N3O4/c18-9-8-15-4-1-5-16(7-6-15)13-3-2-12(11-19)10-14(13)17(20)21/h2-3,10-11,18H,1,4-9H2. The Kier molecular flexibility index (Phi) is 5.24. The van der Waals surface area contributed by atoms with E-state index in [9.17, 15) is 14.9 Å². The molecule has 0 unspecified atom stereocenters. The van der Waals surface area contributed by atoms with Crippen LogP contribution in [0.5, 0.6) is 0 Å². The molecule has 7 heteroatoms. The van der Waals surface area contributed by atoms with Gasteiger partial charge in [0.2, 0.25) is 0 Å². The summed E-state index contributed by atoms with van der Waals surface area (Å²) >= 11 is 0. The van der Waals surface area contributed by atoms with Gasteiger partial charge in [-0.2, -0.15) is 0 Å². The lowest BCUT2D eigenvalue weighted by atomic mass is 10.1. The average Bonchev–Trinajstić information content (AvgIpc) is 2.72. The largest absolute Gasteiger partial charge is 0.395 e. The molecule has 1 aliphatic rings. The number of benzene rings is 1. The number of hydrogen-bond donors (Lipinski definition) is 1. The first-order chi connectivity index (χ1) is 10.2. The molecule has 0 bridgehead atoms. The van der Waals surface area contributed by atoms with Crippen LogP contribution in [0.4, 0.5) is 11.4 Å². The number of aliphatic hydroxyl groups excluding tert-OH is 1. The number of nitro benzene ring substituents is 1. The van der Waals surface area contributed by atoms with Gasteiger partial charge in [0.05, 0.1) is 11.5 Å². The summed E-state index contributed by atoms with van der Waals surface area (Å²) in [4.78, 5) is 25.7. The van der Waals surface area contributed by atoms with Crippen LogP contribution in [0, 0.1) is 10.1 Å². The number of rotatable bonds is 5. The van der Waals surface area contributed by atoms with E-state index >= 15 is 0 Å². The quantitative estimate of drug-likeness (QED) is 0.493. The Bertz CT molecular complexity index is 521. The molecule has 7 nitrogen and oxygen atoms in total. The first-order valence-electron chi connectivity index (χ1n) is 6.97. The smallest absolute Gasteiger partial charge is 0.293 e. The highest BCUT2D eigenvalue weighted by Crippen LogP contribution is 2.29. The van der Waals surface area contributed by atoms with Gasteiger partial charge in [-0.1, -0.05) is 0 Å². The molecule has 1 aromatic rings. The van der Waals surface area contributed by atoms with E-state index in [1.807, 2.05) is 4.90 Å². The van der Waals surface area contributed by atoms with Gasteiger partial charge in [0.25, 0.3) is 5.69 Å². The first-order valence-corrected chi connectivity index (χ1v) is 6.97. The highest BCUT2D eigenvalue weighted by molar-refractivity contribution is 5.79. The zero-order valence-electron chi connectivity index (χ0n) is 11.8. The minimum atomic E-state index is -0.446. The van der Waals surface area contributed by atoms with Crippen molar-refractivity contribution in [2.75, 3.05) is 44.2 Å². The Morgan fingerprint density at radius 3 is 2.76 bits per heavy atom. The topological polar surface area (TPSA) is 86.9 Å². The Morgan fingerprint density at radius 1 is 1.29 bits per heavy atom. The molecule has 1 heterocycles. The predicted octanol–water partition coefficient (Wildman–Crippen LogP) is 0.912. The lowest BCUT2D eigenvalue weighted by Crippen LogP contribution is -2.32. The van der Waals surface area contributed by atoms with Crippen molar-refractivity contribution < 1.29 is 14.8 Å². The molecule has 2 rings (SSSR count). The van der Waals surface area contributed by atoms with E-state index in [4.69, 9.17) is 5.11 Å². The van der Waals surface area contributed by atoms with Crippen molar-refractivity contribution >= 4 is 17.7 Å². The third-order valence-electron chi connectivity index (χ3n) is 3.68. The molecule has 0 radical (unpaired) electrons. The summed E-state index contributed by atoms with van der Waals surface area (Å²) in [5, 5.41) is 20.2. The number of aliphatic hydroxyl groups is 1. The zero-order chi connectivity index (χ0) is 15.2. The van der Waals surface area contributed by atoms with Crippen molar-refractivity contribution in [1.82, 2.24) is 4.90 Å². The first kappa shape index (κ1) is 15.4. The molecular formula is C14H19N3O4. The van der Waals surface area contributed by atoms with Crippen molar-refractivity contribution in [3.63, 3.8) is 0 Å². The van der Waals surface area contributed by atoms with Crippen LogP contribution < -0.4 is 4.90 Å². The Labute approximate surface area is 122 Å². The van der Waals surface area contributed by atoms with Crippen LogP contribution in [-0.2, 0) is 0 Å². The highest BCUT2D eigenvalue weighted by atomic mass is 16.6. The number of nitrogens with zero attached hydrogens (tertiary/aromatic N) is 3. The number of β-amino-alcohol motifs (C(OH)–C–C–N with tert-alkyl or cyclic N) is 1. The summed E-state index contributed by atoms with van der Waals surface area (Å²) in [6.45, 7) is 3.77. The van der Waals surface area contributed by atoms with Gasteiger partial charge < -0.3 is 10.0 Å². The van der Waals surface area contributed by atoms with E-state index in [0.29, 0.717) is 30.6 Å². The molecule has 0 aliphatic carbocycles. The van der Waals surface area contributed by atoms with E-state index < -0.39 is 4.92 Å².